The van der Waals surface area contributed by atoms with E-state index in [0.717, 1.165) is 22.5 Å². The van der Waals surface area contributed by atoms with Crippen molar-refractivity contribution in [1.82, 2.24) is 19.9 Å². The molecule has 0 aliphatic carbocycles. The second-order valence-corrected chi connectivity index (χ2v) is 11.4. The van der Waals surface area contributed by atoms with Gasteiger partial charge in [0.2, 0.25) is 0 Å². The molecule has 2 aromatic heterocycles. The van der Waals surface area contributed by atoms with E-state index in [2.05, 4.69) is 19.6 Å². The molecule has 1 saturated heterocycles. The number of sulfonamides is 1. The number of hydrogen-bond donors (Lipinski definition) is 1. The Morgan fingerprint density at radius 3 is 2.46 bits per heavy atom. The van der Waals surface area contributed by atoms with Crippen LogP contribution in [0.1, 0.15) is 13.8 Å². The molecule has 0 bridgehead atoms. The minimum absolute atomic E-state index is 0.178. The Morgan fingerprint density at radius 1 is 0.949 bits per heavy atom. The van der Waals surface area contributed by atoms with E-state index >= 15 is 0 Å². The SMILES string of the molecule is CC(C)COC(=O)N1CCN(c2cnc3ccc(-c4cncc(NS(=O)(=O)c5ccccc5)c4)cc3n2)CC1. The average molecular weight is 547 g/mol. The maximum atomic E-state index is 12.7. The first-order chi connectivity index (χ1) is 18.8. The molecule has 1 aliphatic rings. The number of nitrogens with one attached hydrogen (secondary N) is 1. The summed E-state index contributed by atoms with van der Waals surface area (Å²) in [5.41, 5.74) is 3.39. The molecule has 1 aliphatic heterocycles. The van der Waals surface area contributed by atoms with Gasteiger partial charge in [-0.15, -0.1) is 0 Å². The van der Waals surface area contributed by atoms with Crippen LogP contribution in [-0.2, 0) is 14.8 Å². The van der Waals surface area contributed by atoms with Gasteiger partial charge in [0, 0.05) is 37.9 Å². The van der Waals surface area contributed by atoms with Gasteiger partial charge in [0.1, 0.15) is 5.82 Å². The second kappa shape index (κ2) is 11.2. The van der Waals surface area contributed by atoms with Crippen LogP contribution in [0.3, 0.4) is 0 Å². The number of pyridine rings is 1. The third-order valence-corrected chi connectivity index (χ3v) is 7.71. The van der Waals surface area contributed by atoms with Crippen molar-refractivity contribution in [2.24, 2.45) is 5.92 Å². The number of nitrogens with zero attached hydrogens (tertiary/aromatic N) is 5. The van der Waals surface area contributed by atoms with Crippen molar-refractivity contribution in [3.63, 3.8) is 0 Å². The molecule has 202 valence electrons. The zero-order valence-corrected chi connectivity index (χ0v) is 22.6. The van der Waals surface area contributed by atoms with Crippen molar-refractivity contribution >= 4 is 38.7 Å². The van der Waals surface area contributed by atoms with Crippen LogP contribution in [0.2, 0.25) is 0 Å². The Hall–Kier alpha value is -4.25. The topological polar surface area (TPSA) is 118 Å². The Bertz CT molecular complexity index is 1570. The van der Waals surface area contributed by atoms with Crippen LogP contribution in [0.4, 0.5) is 16.3 Å². The number of fused-ring (bicyclic) bond motifs is 1. The van der Waals surface area contributed by atoms with Crippen molar-refractivity contribution in [2.45, 2.75) is 18.7 Å². The molecule has 4 aromatic rings. The Labute approximate surface area is 227 Å². The third-order valence-electron chi connectivity index (χ3n) is 6.31. The van der Waals surface area contributed by atoms with Crippen LogP contribution in [0, 0.1) is 5.92 Å². The van der Waals surface area contributed by atoms with Gasteiger partial charge in [-0.05, 0) is 41.8 Å². The molecular weight excluding hydrogens is 516 g/mol. The van der Waals surface area contributed by atoms with E-state index in [-0.39, 0.29) is 11.0 Å². The van der Waals surface area contributed by atoms with Gasteiger partial charge in [0.25, 0.3) is 10.0 Å². The number of anilines is 2. The number of hydrogen-bond acceptors (Lipinski definition) is 8. The van der Waals surface area contributed by atoms with Gasteiger partial charge >= 0.3 is 6.09 Å². The van der Waals surface area contributed by atoms with E-state index in [1.165, 1.54) is 18.3 Å². The third kappa shape index (κ3) is 6.26. The number of carbonyl (C=O) groups excluding carboxylic acids is 1. The highest BCUT2D eigenvalue weighted by molar-refractivity contribution is 7.92. The van der Waals surface area contributed by atoms with E-state index in [0.29, 0.717) is 49.9 Å². The lowest BCUT2D eigenvalue weighted by Crippen LogP contribution is -2.49. The minimum atomic E-state index is -3.73. The fourth-order valence-corrected chi connectivity index (χ4v) is 5.30. The summed E-state index contributed by atoms with van der Waals surface area (Å²) in [6.45, 7) is 6.79. The zero-order chi connectivity index (χ0) is 27.4. The summed E-state index contributed by atoms with van der Waals surface area (Å²) in [7, 11) is -3.73. The van der Waals surface area contributed by atoms with E-state index in [9.17, 15) is 13.2 Å². The summed E-state index contributed by atoms with van der Waals surface area (Å²) in [5.74, 6) is 1.03. The quantitative estimate of drug-likeness (QED) is 0.362. The van der Waals surface area contributed by atoms with E-state index in [1.54, 1.807) is 41.6 Å². The lowest BCUT2D eigenvalue weighted by molar-refractivity contribution is 0.0901. The molecule has 3 heterocycles. The Morgan fingerprint density at radius 2 is 1.72 bits per heavy atom. The van der Waals surface area contributed by atoms with Gasteiger partial charge in [-0.3, -0.25) is 14.7 Å². The lowest BCUT2D eigenvalue weighted by atomic mass is 10.1. The smallest absolute Gasteiger partial charge is 0.409 e. The number of rotatable bonds is 7. The lowest BCUT2D eigenvalue weighted by Gasteiger charge is -2.34. The van der Waals surface area contributed by atoms with Gasteiger partial charge < -0.3 is 14.5 Å². The van der Waals surface area contributed by atoms with Gasteiger partial charge in [0.15, 0.2) is 0 Å². The number of piperazine rings is 1. The summed E-state index contributed by atoms with van der Waals surface area (Å²) in [4.78, 5) is 29.9. The number of ether oxygens (including phenoxy) is 1. The molecule has 11 heteroatoms. The molecular formula is C28H30N6O4S. The number of benzene rings is 2. The fourth-order valence-electron chi connectivity index (χ4n) is 4.25. The van der Waals surface area contributed by atoms with Crippen LogP contribution in [-0.4, -0.2) is 67.1 Å². The molecule has 0 radical (unpaired) electrons. The number of aromatic nitrogens is 3. The van der Waals surface area contributed by atoms with Crippen molar-refractivity contribution in [3.8, 4) is 11.1 Å². The van der Waals surface area contributed by atoms with E-state index < -0.39 is 10.0 Å². The predicted octanol–water partition coefficient (Wildman–Crippen LogP) is 4.41. The standard InChI is InChI=1S/C28H30N6O4S/c1-20(2)19-38-28(35)34-12-10-33(11-13-34)27-18-30-25-9-8-21(15-26(25)31-27)22-14-23(17-29-16-22)32-39(36,37)24-6-4-3-5-7-24/h3-9,14-18,20,32H,10-13,19H2,1-2H3. The van der Waals surface area contributed by atoms with Gasteiger partial charge in [-0.2, -0.15) is 0 Å². The predicted molar refractivity (Wildman–Crippen MR) is 150 cm³/mol. The summed E-state index contributed by atoms with van der Waals surface area (Å²) < 4.78 is 33.4. The summed E-state index contributed by atoms with van der Waals surface area (Å²) in [5, 5.41) is 0. The highest BCUT2D eigenvalue weighted by atomic mass is 32.2. The molecule has 1 amide bonds. The monoisotopic (exact) mass is 546 g/mol. The molecule has 1 fully saturated rings. The first-order valence-corrected chi connectivity index (χ1v) is 14.2. The molecule has 0 unspecified atom stereocenters. The summed E-state index contributed by atoms with van der Waals surface area (Å²) in [6, 6.07) is 15.6. The van der Waals surface area contributed by atoms with Crippen LogP contribution < -0.4 is 9.62 Å². The molecule has 39 heavy (non-hydrogen) atoms. The van der Waals surface area contributed by atoms with Crippen LogP contribution in [0.15, 0.2) is 78.1 Å². The summed E-state index contributed by atoms with van der Waals surface area (Å²) in [6.07, 6.45) is 4.62. The normalized spacial score (nSPS) is 14.0. The summed E-state index contributed by atoms with van der Waals surface area (Å²) >= 11 is 0. The molecule has 0 atom stereocenters. The van der Waals surface area contributed by atoms with E-state index in [1.807, 2.05) is 32.0 Å². The Balaban J connectivity index is 1.31. The molecule has 2 aromatic carbocycles. The van der Waals surface area contributed by atoms with Crippen LogP contribution in [0.25, 0.3) is 22.2 Å². The highest BCUT2D eigenvalue weighted by Crippen LogP contribution is 2.27. The van der Waals surface area contributed by atoms with Crippen LogP contribution >= 0.6 is 0 Å². The van der Waals surface area contributed by atoms with Crippen molar-refractivity contribution in [1.29, 1.82) is 0 Å². The van der Waals surface area contributed by atoms with Crippen molar-refractivity contribution in [3.05, 3.63) is 73.2 Å². The first-order valence-electron chi connectivity index (χ1n) is 12.8. The number of carbonyl (C=O) groups is 1. The number of amides is 1. The Kier molecular flexibility index (Phi) is 7.60. The maximum Gasteiger partial charge on any atom is 0.409 e. The van der Waals surface area contributed by atoms with Crippen LogP contribution in [0.5, 0.6) is 0 Å². The average Bonchev–Trinajstić information content (AvgIpc) is 2.96. The largest absolute Gasteiger partial charge is 0.449 e. The van der Waals surface area contributed by atoms with Gasteiger partial charge in [-0.1, -0.05) is 38.1 Å². The maximum absolute atomic E-state index is 12.7. The molecule has 0 saturated carbocycles. The highest BCUT2D eigenvalue weighted by Gasteiger charge is 2.23. The van der Waals surface area contributed by atoms with Gasteiger partial charge in [-0.25, -0.2) is 18.2 Å². The fraction of sp³-hybridized carbons (Fsp3) is 0.286. The molecule has 10 nitrogen and oxygen atoms in total. The molecule has 1 N–H and O–H groups in total. The van der Waals surface area contributed by atoms with Gasteiger partial charge in [0.05, 0.1) is 40.6 Å². The van der Waals surface area contributed by atoms with E-state index in [4.69, 9.17) is 9.72 Å². The molecule has 5 rings (SSSR count). The second-order valence-electron chi connectivity index (χ2n) is 9.76. The zero-order valence-electron chi connectivity index (χ0n) is 21.8. The van der Waals surface area contributed by atoms with Crippen molar-refractivity contribution in [2.75, 3.05) is 42.4 Å². The molecule has 0 spiro atoms. The minimum Gasteiger partial charge on any atom is -0.449 e. The first kappa shape index (κ1) is 26.4. The van der Waals surface area contributed by atoms with Crippen molar-refractivity contribution < 1.29 is 17.9 Å².